The molecule has 1 fully saturated rings. The molecule has 3 heterocycles. The number of alkyl halides is 3. The van der Waals surface area contributed by atoms with Crippen molar-refractivity contribution in [1.29, 1.82) is 5.41 Å². The number of thiophene rings is 1. The lowest BCUT2D eigenvalue weighted by atomic mass is 9.84. The molecule has 0 amide bonds. The van der Waals surface area contributed by atoms with Crippen LogP contribution in [0.3, 0.4) is 0 Å². The van der Waals surface area contributed by atoms with E-state index >= 15 is 0 Å². The molecule has 37 heavy (non-hydrogen) atoms. The second kappa shape index (κ2) is 11.1. The third-order valence-electron chi connectivity index (χ3n) is 5.87. The van der Waals surface area contributed by atoms with E-state index in [1.165, 1.54) is 23.5 Å². The molecule has 8 nitrogen and oxygen atoms in total. The molecule has 198 valence electrons. The highest BCUT2D eigenvalue weighted by molar-refractivity contribution is 7.92. The van der Waals surface area contributed by atoms with E-state index in [1.807, 2.05) is 13.0 Å². The molecule has 3 aromatic heterocycles. The van der Waals surface area contributed by atoms with Crippen molar-refractivity contribution in [2.45, 2.75) is 57.9 Å². The van der Waals surface area contributed by atoms with Gasteiger partial charge in [-0.05, 0) is 63.3 Å². The summed E-state index contributed by atoms with van der Waals surface area (Å²) in [6, 6.07) is 6.30. The van der Waals surface area contributed by atoms with Crippen molar-refractivity contribution < 1.29 is 26.3 Å². The molecule has 1 aliphatic rings. The van der Waals surface area contributed by atoms with E-state index in [4.69, 9.17) is 10.1 Å². The fraction of sp³-hybridized carbons (Fsp3) is 0.417. The third kappa shape index (κ3) is 6.83. The molecular formula is C24H26F3N5O3S2. The topological polar surface area (TPSA) is 118 Å². The third-order valence-corrected chi connectivity index (χ3v) is 7.88. The lowest BCUT2D eigenvalue weighted by Gasteiger charge is -2.25. The van der Waals surface area contributed by atoms with Gasteiger partial charge in [-0.25, -0.2) is 27.8 Å². The van der Waals surface area contributed by atoms with Crippen molar-refractivity contribution in [3.05, 3.63) is 46.9 Å². The predicted molar refractivity (Wildman–Crippen MR) is 136 cm³/mol. The Hall–Kier alpha value is -3.06. The van der Waals surface area contributed by atoms with E-state index in [-0.39, 0.29) is 18.2 Å². The van der Waals surface area contributed by atoms with Gasteiger partial charge in [-0.1, -0.05) is 0 Å². The first-order valence-corrected chi connectivity index (χ1v) is 13.9. The summed E-state index contributed by atoms with van der Waals surface area (Å²) in [4.78, 5) is 14.8. The van der Waals surface area contributed by atoms with E-state index in [9.17, 15) is 21.6 Å². The number of halogens is 3. The molecule has 0 aromatic carbocycles. The van der Waals surface area contributed by atoms with E-state index < -0.39 is 22.0 Å². The van der Waals surface area contributed by atoms with Crippen LogP contribution in [0.1, 0.15) is 42.1 Å². The van der Waals surface area contributed by atoms with Gasteiger partial charge in [0.1, 0.15) is 29.3 Å². The van der Waals surface area contributed by atoms with Crippen molar-refractivity contribution in [3.63, 3.8) is 0 Å². The van der Waals surface area contributed by atoms with Gasteiger partial charge >= 0.3 is 5.76 Å². The van der Waals surface area contributed by atoms with Crippen LogP contribution >= 0.6 is 11.3 Å². The fourth-order valence-corrected chi connectivity index (χ4v) is 5.60. The maximum absolute atomic E-state index is 13.8. The summed E-state index contributed by atoms with van der Waals surface area (Å²) in [6.45, 7) is 3.49. The number of anilines is 1. The number of aromatic nitrogens is 3. The van der Waals surface area contributed by atoms with Gasteiger partial charge in [0, 0.05) is 29.6 Å². The number of rotatable bonds is 9. The molecule has 0 spiro atoms. The predicted octanol–water partition coefficient (Wildman–Crippen LogP) is 6.06. The Morgan fingerprint density at radius 3 is 2.68 bits per heavy atom. The van der Waals surface area contributed by atoms with Gasteiger partial charge in [0.15, 0.2) is 0 Å². The van der Waals surface area contributed by atoms with Crippen molar-refractivity contribution >= 4 is 32.9 Å². The summed E-state index contributed by atoms with van der Waals surface area (Å²) in [5.41, 5.74) is 1.42. The number of hydrogen-bond acceptors (Lipinski definition) is 8. The molecule has 0 radical (unpaired) electrons. The molecule has 2 N–H and O–H groups in total. The molecule has 2 atom stereocenters. The standard InChI is InChI=1S/C24H26F3N5O3S2/c1-13-9-20(35-19-4-6-22(30-14(19)2)32-37(33,34)24(26)27)23(36-13)18-7-8-29-21(31-18)5-3-15-10-16(25)12-17(28)11-15/h4,6-9,15-16,24,28H,3,5,10-12H2,1-2H3,(H,30,32)/t15-,16-/m0/s1. The van der Waals surface area contributed by atoms with Crippen molar-refractivity contribution in [3.8, 4) is 22.1 Å². The van der Waals surface area contributed by atoms with Crippen molar-refractivity contribution in [2.24, 2.45) is 5.92 Å². The SMILES string of the molecule is Cc1cc(Oc2ccc(NS(=O)(=O)C(F)F)nc2C)c(-c2ccnc(CC[C@@H]3CC(=N)C[C@@H](F)C3)n2)s1. The fourth-order valence-electron chi connectivity index (χ4n) is 4.19. The van der Waals surface area contributed by atoms with Gasteiger partial charge in [-0.3, -0.25) is 4.72 Å². The first-order chi connectivity index (χ1) is 17.5. The second-order valence-corrected chi connectivity index (χ2v) is 11.9. The van der Waals surface area contributed by atoms with Crippen LogP contribution in [-0.4, -0.2) is 41.0 Å². The molecule has 0 saturated heterocycles. The zero-order valence-electron chi connectivity index (χ0n) is 20.2. The highest BCUT2D eigenvalue weighted by Crippen LogP contribution is 2.40. The number of pyridine rings is 1. The molecule has 13 heteroatoms. The lowest BCUT2D eigenvalue weighted by molar-refractivity contribution is 0.236. The summed E-state index contributed by atoms with van der Waals surface area (Å²) >= 11 is 1.47. The van der Waals surface area contributed by atoms with Crippen LogP contribution in [0.25, 0.3) is 10.6 Å². The van der Waals surface area contributed by atoms with Crippen LogP contribution in [0, 0.1) is 25.2 Å². The number of hydrogen-bond donors (Lipinski definition) is 2. The first kappa shape index (κ1) is 27.0. The average Bonchev–Trinajstić information content (AvgIpc) is 3.19. The molecule has 0 bridgehead atoms. The molecule has 0 aliphatic heterocycles. The van der Waals surface area contributed by atoms with Crippen LogP contribution in [0.5, 0.6) is 11.5 Å². The maximum atomic E-state index is 13.8. The van der Waals surface area contributed by atoms with Crippen LogP contribution in [-0.2, 0) is 16.4 Å². The normalized spacial score (nSPS) is 18.3. The van der Waals surface area contributed by atoms with E-state index in [0.29, 0.717) is 60.1 Å². The Morgan fingerprint density at radius 2 is 1.97 bits per heavy atom. The summed E-state index contributed by atoms with van der Waals surface area (Å²) < 4.78 is 69.7. The van der Waals surface area contributed by atoms with E-state index in [0.717, 1.165) is 9.75 Å². The number of ether oxygens (including phenoxy) is 1. The minimum absolute atomic E-state index is 0.106. The maximum Gasteiger partial charge on any atom is 0.355 e. The molecule has 1 saturated carbocycles. The minimum Gasteiger partial charge on any atom is -0.454 e. The van der Waals surface area contributed by atoms with Gasteiger partial charge in [0.2, 0.25) is 0 Å². The average molecular weight is 554 g/mol. The Bertz CT molecular complexity index is 1400. The smallest absolute Gasteiger partial charge is 0.355 e. The Morgan fingerprint density at radius 1 is 1.19 bits per heavy atom. The van der Waals surface area contributed by atoms with Gasteiger partial charge in [-0.2, -0.15) is 8.78 Å². The molecule has 3 aromatic rings. The zero-order chi connectivity index (χ0) is 26.7. The largest absolute Gasteiger partial charge is 0.454 e. The zero-order valence-corrected chi connectivity index (χ0v) is 21.8. The summed E-state index contributed by atoms with van der Waals surface area (Å²) in [5.74, 6) is -2.24. The number of sulfonamides is 1. The quantitative estimate of drug-likeness (QED) is 0.332. The van der Waals surface area contributed by atoms with Crippen LogP contribution < -0.4 is 9.46 Å². The van der Waals surface area contributed by atoms with E-state index in [2.05, 4.69) is 15.0 Å². The highest BCUT2D eigenvalue weighted by atomic mass is 32.2. The molecular weight excluding hydrogens is 527 g/mol. The van der Waals surface area contributed by atoms with E-state index in [1.54, 1.807) is 23.9 Å². The van der Waals surface area contributed by atoms with Gasteiger partial charge < -0.3 is 10.1 Å². The second-order valence-electron chi connectivity index (χ2n) is 8.95. The summed E-state index contributed by atoms with van der Waals surface area (Å²) in [6.07, 6.45) is 3.27. The minimum atomic E-state index is -4.83. The molecule has 4 rings (SSSR count). The molecule has 0 unspecified atom stereocenters. The number of nitrogens with one attached hydrogen (secondary N) is 2. The van der Waals surface area contributed by atoms with Crippen LogP contribution in [0.15, 0.2) is 30.5 Å². The monoisotopic (exact) mass is 553 g/mol. The van der Waals surface area contributed by atoms with Crippen molar-refractivity contribution in [2.75, 3.05) is 4.72 Å². The Kier molecular flexibility index (Phi) is 8.12. The van der Waals surface area contributed by atoms with Gasteiger partial charge in [0.05, 0.1) is 16.3 Å². The number of aryl methyl sites for hydroxylation is 3. The Labute approximate surface area is 216 Å². The van der Waals surface area contributed by atoms with Gasteiger partial charge in [0.25, 0.3) is 10.0 Å². The van der Waals surface area contributed by atoms with Crippen LogP contribution in [0.2, 0.25) is 0 Å². The molecule has 1 aliphatic carbocycles. The first-order valence-electron chi connectivity index (χ1n) is 11.6. The highest BCUT2D eigenvalue weighted by Gasteiger charge is 2.26. The number of nitrogens with zero attached hydrogens (tertiary/aromatic N) is 3. The summed E-state index contributed by atoms with van der Waals surface area (Å²) in [5, 5.41) is 7.83. The lowest BCUT2D eigenvalue weighted by Crippen LogP contribution is -2.23. The Balaban J connectivity index is 1.50. The summed E-state index contributed by atoms with van der Waals surface area (Å²) in [7, 11) is -4.83. The van der Waals surface area contributed by atoms with Crippen molar-refractivity contribution in [1.82, 2.24) is 15.0 Å². The van der Waals surface area contributed by atoms with Gasteiger partial charge in [-0.15, -0.1) is 11.3 Å². The van der Waals surface area contributed by atoms with Crippen LogP contribution in [0.4, 0.5) is 19.0 Å².